The summed E-state index contributed by atoms with van der Waals surface area (Å²) in [5, 5.41) is 14.3. The minimum atomic E-state index is 0.548. The molecule has 0 bridgehead atoms. The molecule has 0 aliphatic heterocycles. The first-order valence-electron chi connectivity index (χ1n) is 7.75. The molecule has 2 N–H and O–H groups in total. The van der Waals surface area contributed by atoms with Crippen molar-refractivity contribution in [1.82, 2.24) is 15.2 Å². The van der Waals surface area contributed by atoms with E-state index in [1.165, 1.54) is 12.8 Å². The van der Waals surface area contributed by atoms with Gasteiger partial charge in [-0.15, -0.1) is 5.10 Å². The zero-order chi connectivity index (χ0) is 15.6. The second-order valence-corrected chi connectivity index (χ2v) is 4.88. The molecule has 1 heterocycles. The third kappa shape index (κ3) is 5.20. The second-order valence-electron chi connectivity index (χ2n) is 4.88. The van der Waals surface area contributed by atoms with E-state index in [9.17, 15) is 0 Å². The fourth-order valence-electron chi connectivity index (χ4n) is 1.96. The quantitative estimate of drug-likeness (QED) is 0.689. The predicted molar refractivity (Wildman–Crippen MR) is 88.7 cm³/mol. The highest BCUT2D eigenvalue weighted by Gasteiger charge is 2.01. The van der Waals surface area contributed by atoms with E-state index in [-0.39, 0.29) is 0 Å². The molecule has 0 radical (unpaired) electrons. The van der Waals surface area contributed by atoms with Gasteiger partial charge < -0.3 is 15.4 Å². The molecule has 0 saturated carbocycles. The number of hydrogen-bond acceptors (Lipinski definition) is 6. The van der Waals surface area contributed by atoms with Crippen LogP contribution in [0.25, 0.3) is 0 Å². The molecule has 22 heavy (non-hydrogen) atoms. The highest BCUT2D eigenvalue weighted by atomic mass is 16.5. The van der Waals surface area contributed by atoms with Gasteiger partial charge in [0.05, 0.1) is 12.8 Å². The third-order valence-electron chi connectivity index (χ3n) is 3.06. The van der Waals surface area contributed by atoms with Crippen LogP contribution in [0, 0.1) is 0 Å². The molecule has 0 aliphatic carbocycles. The van der Waals surface area contributed by atoms with Crippen molar-refractivity contribution in [3.8, 4) is 5.75 Å². The minimum absolute atomic E-state index is 0.548. The van der Waals surface area contributed by atoms with Crippen molar-refractivity contribution >= 4 is 17.5 Å². The van der Waals surface area contributed by atoms with Gasteiger partial charge in [0.2, 0.25) is 5.95 Å². The van der Waals surface area contributed by atoms with Gasteiger partial charge in [-0.3, -0.25) is 0 Å². The lowest BCUT2D eigenvalue weighted by Gasteiger charge is -2.08. The standard InChI is InChI=1S/C16H23N5O/c1-3-5-6-11-17-16-20-15(12-18-21-16)19-13-7-9-14(10-8-13)22-4-2/h7-10,12H,3-6,11H2,1-2H3,(H2,17,19,20,21). The summed E-state index contributed by atoms with van der Waals surface area (Å²) < 4.78 is 5.42. The van der Waals surface area contributed by atoms with Crippen LogP contribution in [0.1, 0.15) is 33.1 Å². The number of aromatic nitrogens is 3. The molecular formula is C16H23N5O. The van der Waals surface area contributed by atoms with Crippen LogP contribution in [-0.2, 0) is 0 Å². The van der Waals surface area contributed by atoms with Crippen molar-refractivity contribution in [1.29, 1.82) is 0 Å². The van der Waals surface area contributed by atoms with Gasteiger partial charge in [0.15, 0.2) is 5.82 Å². The molecule has 0 amide bonds. The maximum Gasteiger partial charge on any atom is 0.244 e. The molecule has 1 aromatic heterocycles. The van der Waals surface area contributed by atoms with Crippen LogP contribution >= 0.6 is 0 Å². The van der Waals surface area contributed by atoms with Crippen LogP contribution in [0.5, 0.6) is 5.75 Å². The minimum Gasteiger partial charge on any atom is -0.494 e. The number of benzene rings is 1. The summed E-state index contributed by atoms with van der Waals surface area (Å²) in [5.41, 5.74) is 0.931. The Kier molecular flexibility index (Phi) is 6.41. The maximum absolute atomic E-state index is 5.42. The van der Waals surface area contributed by atoms with E-state index >= 15 is 0 Å². The number of nitrogens with zero attached hydrogens (tertiary/aromatic N) is 3. The van der Waals surface area contributed by atoms with E-state index in [1.807, 2.05) is 31.2 Å². The van der Waals surface area contributed by atoms with E-state index in [0.717, 1.165) is 24.4 Å². The maximum atomic E-state index is 5.42. The van der Waals surface area contributed by atoms with Gasteiger partial charge in [-0.25, -0.2) is 0 Å². The monoisotopic (exact) mass is 301 g/mol. The highest BCUT2D eigenvalue weighted by molar-refractivity contribution is 5.57. The molecule has 0 atom stereocenters. The molecule has 1 aromatic carbocycles. The van der Waals surface area contributed by atoms with Crippen molar-refractivity contribution in [2.45, 2.75) is 33.1 Å². The van der Waals surface area contributed by atoms with Crippen molar-refractivity contribution in [3.63, 3.8) is 0 Å². The zero-order valence-corrected chi connectivity index (χ0v) is 13.2. The molecule has 0 aliphatic rings. The Morgan fingerprint density at radius 1 is 1.09 bits per heavy atom. The Morgan fingerprint density at radius 2 is 1.91 bits per heavy atom. The summed E-state index contributed by atoms with van der Waals surface area (Å²) in [6.07, 6.45) is 5.11. The summed E-state index contributed by atoms with van der Waals surface area (Å²) in [6, 6.07) is 7.73. The van der Waals surface area contributed by atoms with Crippen molar-refractivity contribution < 1.29 is 4.74 Å². The molecular weight excluding hydrogens is 278 g/mol. The first kappa shape index (κ1) is 16.0. The van der Waals surface area contributed by atoms with Gasteiger partial charge in [0.1, 0.15) is 5.75 Å². The largest absolute Gasteiger partial charge is 0.494 e. The Morgan fingerprint density at radius 3 is 2.64 bits per heavy atom. The van der Waals surface area contributed by atoms with Gasteiger partial charge >= 0.3 is 0 Å². The average molecular weight is 301 g/mol. The predicted octanol–water partition coefficient (Wildman–Crippen LogP) is 3.62. The topological polar surface area (TPSA) is 72.0 Å². The van der Waals surface area contributed by atoms with Gasteiger partial charge in [0, 0.05) is 12.2 Å². The number of hydrogen-bond donors (Lipinski definition) is 2. The summed E-state index contributed by atoms with van der Waals surface area (Å²) in [5.74, 6) is 2.07. The third-order valence-corrected chi connectivity index (χ3v) is 3.06. The zero-order valence-electron chi connectivity index (χ0n) is 13.2. The first-order valence-corrected chi connectivity index (χ1v) is 7.75. The summed E-state index contributed by atoms with van der Waals surface area (Å²) in [4.78, 5) is 4.40. The van der Waals surface area contributed by atoms with Crippen molar-refractivity contribution in [2.75, 3.05) is 23.8 Å². The number of ether oxygens (including phenoxy) is 1. The summed E-state index contributed by atoms with van der Waals surface area (Å²) in [6.45, 7) is 5.67. The summed E-state index contributed by atoms with van der Waals surface area (Å²) in [7, 11) is 0. The SMILES string of the molecule is CCCCCNc1nncc(Nc2ccc(OCC)cc2)n1. The number of rotatable bonds is 9. The molecule has 0 saturated heterocycles. The molecule has 0 unspecified atom stereocenters. The van der Waals surface area contributed by atoms with Gasteiger partial charge in [-0.05, 0) is 37.6 Å². The van der Waals surface area contributed by atoms with E-state index in [0.29, 0.717) is 18.4 Å². The smallest absolute Gasteiger partial charge is 0.244 e. The Balaban J connectivity index is 1.91. The molecule has 118 valence electrons. The van der Waals surface area contributed by atoms with Gasteiger partial charge in [-0.2, -0.15) is 10.1 Å². The Bertz CT molecular complexity index is 559. The average Bonchev–Trinajstić information content (AvgIpc) is 2.54. The second kappa shape index (κ2) is 8.81. The van der Waals surface area contributed by atoms with E-state index in [2.05, 4.69) is 32.7 Å². The van der Waals surface area contributed by atoms with Crippen molar-refractivity contribution in [2.24, 2.45) is 0 Å². The van der Waals surface area contributed by atoms with Gasteiger partial charge in [-0.1, -0.05) is 19.8 Å². The van der Waals surface area contributed by atoms with E-state index in [1.54, 1.807) is 6.20 Å². The van der Waals surface area contributed by atoms with Gasteiger partial charge in [0.25, 0.3) is 0 Å². The first-order chi connectivity index (χ1) is 10.8. The van der Waals surface area contributed by atoms with Crippen LogP contribution in [0.3, 0.4) is 0 Å². The molecule has 6 nitrogen and oxygen atoms in total. The fraction of sp³-hybridized carbons (Fsp3) is 0.438. The molecule has 2 rings (SSSR count). The van der Waals surface area contributed by atoms with Crippen LogP contribution in [-0.4, -0.2) is 28.3 Å². The molecule has 2 aromatic rings. The Hall–Kier alpha value is -2.37. The summed E-state index contributed by atoms with van der Waals surface area (Å²) >= 11 is 0. The lowest BCUT2D eigenvalue weighted by Crippen LogP contribution is -2.07. The number of nitrogens with one attached hydrogen (secondary N) is 2. The molecule has 0 fully saturated rings. The van der Waals surface area contributed by atoms with Crippen molar-refractivity contribution in [3.05, 3.63) is 30.5 Å². The highest BCUT2D eigenvalue weighted by Crippen LogP contribution is 2.18. The van der Waals surface area contributed by atoms with Crippen LogP contribution < -0.4 is 15.4 Å². The van der Waals surface area contributed by atoms with E-state index in [4.69, 9.17) is 4.74 Å². The fourth-order valence-corrected chi connectivity index (χ4v) is 1.96. The van der Waals surface area contributed by atoms with Crippen LogP contribution in [0.4, 0.5) is 17.5 Å². The van der Waals surface area contributed by atoms with Crippen LogP contribution in [0.2, 0.25) is 0 Å². The lowest BCUT2D eigenvalue weighted by molar-refractivity contribution is 0.340. The number of anilines is 3. The number of unbranched alkanes of at least 4 members (excludes halogenated alkanes) is 2. The van der Waals surface area contributed by atoms with Crippen LogP contribution in [0.15, 0.2) is 30.5 Å². The molecule has 6 heteroatoms. The lowest BCUT2D eigenvalue weighted by atomic mass is 10.2. The van der Waals surface area contributed by atoms with E-state index < -0.39 is 0 Å². The molecule has 0 spiro atoms. The Labute approximate surface area is 131 Å². The normalized spacial score (nSPS) is 10.3.